The lowest BCUT2D eigenvalue weighted by Gasteiger charge is -2.21. The maximum Gasteiger partial charge on any atom is 0.135 e. The molecule has 0 bridgehead atoms. The van der Waals surface area contributed by atoms with Gasteiger partial charge in [0.15, 0.2) is 0 Å². The van der Waals surface area contributed by atoms with Gasteiger partial charge in [-0.25, -0.2) is 4.39 Å². The van der Waals surface area contributed by atoms with Gasteiger partial charge in [-0.2, -0.15) is 0 Å². The van der Waals surface area contributed by atoms with Crippen LogP contribution in [0.5, 0.6) is 0 Å². The van der Waals surface area contributed by atoms with E-state index in [4.69, 9.17) is 9.15 Å². The van der Waals surface area contributed by atoms with Crippen LogP contribution in [-0.4, -0.2) is 30.3 Å². The number of ether oxygens (including phenoxy) is 1. The highest BCUT2D eigenvalue weighted by Gasteiger charge is 2.21. The maximum absolute atomic E-state index is 13.0. The monoisotopic (exact) mass is 321 g/mol. The van der Waals surface area contributed by atoms with Gasteiger partial charge in [-0.3, -0.25) is 4.90 Å². The lowest BCUT2D eigenvalue weighted by atomic mass is 10.1. The lowest BCUT2D eigenvalue weighted by Crippen LogP contribution is -2.26. The predicted molar refractivity (Wildman–Crippen MR) is 86.3 cm³/mol. The van der Waals surface area contributed by atoms with Crippen LogP contribution in [0.15, 0.2) is 40.8 Å². The fourth-order valence-electron chi connectivity index (χ4n) is 2.29. The van der Waals surface area contributed by atoms with E-state index in [1.807, 2.05) is 6.07 Å². The quantitative estimate of drug-likeness (QED) is 0.810. The summed E-state index contributed by atoms with van der Waals surface area (Å²) in [6.45, 7) is 5.97. The molecule has 1 N–H and O–H groups in total. The zero-order valence-corrected chi connectivity index (χ0v) is 13.9. The molecule has 0 aliphatic carbocycles. The van der Waals surface area contributed by atoms with Gasteiger partial charge in [-0.1, -0.05) is 12.1 Å². The normalized spacial score (nSPS) is 12.1. The summed E-state index contributed by atoms with van der Waals surface area (Å²) >= 11 is 0. The van der Waals surface area contributed by atoms with Crippen LogP contribution in [0.2, 0.25) is 0 Å². The molecule has 0 aliphatic heterocycles. The van der Waals surface area contributed by atoms with E-state index < -0.39 is 5.60 Å². The average molecular weight is 321 g/mol. The van der Waals surface area contributed by atoms with Crippen LogP contribution < -0.4 is 0 Å². The summed E-state index contributed by atoms with van der Waals surface area (Å²) in [6, 6.07) is 10.1. The minimum absolute atomic E-state index is 0.238. The first-order valence-corrected chi connectivity index (χ1v) is 7.66. The molecule has 23 heavy (non-hydrogen) atoms. The van der Waals surface area contributed by atoms with E-state index in [2.05, 4.69) is 4.90 Å². The maximum atomic E-state index is 13.0. The van der Waals surface area contributed by atoms with Crippen LogP contribution in [-0.2, 0) is 23.4 Å². The molecule has 1 aromatic carbocycles. The second-order valence-corrected chi connectivity index (χ2v) is 6.15. The molecule has 0 unspecified atom stereocenters. The van der Waals surface area contributed by atoms with E-state index >= 15 is 0 Å². The minimum atomic E-state index is -0.993. The van der Waals surface area contributed by atoms with Crippen molar-refractivity contribution < 1.29 is 18.7 Å². The van der Waals surface area contributed by atoms with Gasteiger partial charge < -0.3 is 14.3 Å². The molecule has 1 heterocycles. The molecule has 4 nitrogen and oxygen atoms in total. The third-order valence-electron chi connectivity index (χ3n) is 3.58. The Bertz CT molecular complexity index is 601. The predicted octanol–water partition coefficient (Wildman–Crippen LogP) is 3.29. The van der Waals surface area contributed by atoms with Crippen molar-refractivity contribution in [3.63, 3.8) is 0 Å². The Morgan fingerprint density at radius 2 is 1.83 bits per heavy atom. The number of benzene rings is 1. The first kappa shape index (κ1) is 17.7. The van der Waals surface area contributed by atoms with E-state index in [-0.39, 0.29) is 5.82 Å². The third kappa shape index (κ3) is 5.46. The molecular formula is C18H24FNO3. The molecule has 0 saturated carbocycles. The van der Waals surface area contributed by atoms with Crippen LogP contribution in [0.3, 0.4) is 0 Å². The Morgan fingerprint density at radius 1 is 1.13 bits per heavy atom. The molecule has 5 heteroatoms. The number of methoxy groups -OCH3 is 1. The van der Waals surface area contributed by atoms with Crippen molar-refractivity contribution >= 4 is 0 Å². The number of rotatable bonds is 8. The number of hydrogen-bond donors (Lipinski definition) is 1. The molecule has 0 amide bonds. The lowest BCUT2D eigenvalue weighted by molar-refractivity contribution is 0.0511. The van der Waals surface area contributed by atoms with Crippen molar-refractivity contribution in [2.24, 2.45) is 0 Å². The van der Waals surface area contributed by atoms with Crippen molar-refractivity contribution in [1.82, 2.24) is 4.90 Å². The van der Waals surface area contributed by atoms with E-state index in [9.17, 15) is 9.50 Å². The molecule has 0 radical (unpaired) electrons. The fourth-order valence-corrected chi connectivity index (χ4v) is 2.29. The molecule has 1 aromatic heterocycles. The van der Waals surface area contributed by atoms with Gasteiger partial charge in [0, 0.05) is 20.2 Å². The minimum Gasteiger partial charge on any atom is -0.462 e. The molecule has 0 atom stereocenters. The Balaban J connectivity index is 2.05. The fraction of sp³-hybridized carbons (Fsp3) is 0.444. The summed E-state index contributed by atoms with van der Waals surface area (Å²) < 4.78 is 23.9. The van der Waals surface area contributed by atoms with Crippen LogP contribution >= 0.6 is 0 Å². The Kier molecular flexibility index (Phi) is 5.93. The SMILES string of the molecule is COCCN(Cc1ccc(F)cc1)Cc1ccc(C(C)(C)O)o1. The van der Waals surface area contributed by atoms with Crippen LogP contribution in [0.4, 0.5) is 4.39 Å². The Hall–Kier alpha value is -1.69. The molecule has 0 spiro atoms. The number of halogens is 1. The van der Waals surface area contributed by atoms with Gasteiger partial charge >= 0.3 is 0 Å². The molecule has 0 fully saturated rings. The highest BCUT2D eigenvalue weighted by molar-refractivity contribution is 5.16. The molecular weight excluding hydrogens is 297 g/mol. The summed E-state index contributed by atoms with van der Waals surface area (Å²) in [4.78, 5) is 2.16. The Labute approximate surface area is 136 Å². The van der Waals surface area contributed by atoms with Gasteiger partial charge in [0.05, 0.1) is 13.2 Å². The zero-order valence-electron chi connectivity index (χ0n) is 13.9. The second kappa shape index (κ2) is 7.73. The average Bonchev–Trinajstić information content (AvgIpc) is 2.96. The van der Waals surface area contributed by atoms with Crippen molar-refractivity contribution in [3.05, 3.63) is 59.3 Å². The van der Waals surface area contributed by atoms with Crippen molar-refractivity contribution in [2.75, 3.05) is 20.3 Å². The first-order valence-electron chi connectivity index (χ1n) is 7.66. The third-order valence-corrected chi connectivity index (χ3v) is 3.58. The molecule has 126 valence electrons. The summed E-state index contributed by atoms with van der Waals surface area (Å²) in [7, 11) is 1.66. The van der Waals surface area contributed by atoms with Gasteiger partial charge in [-0.05, 0) is 43.7 Å². The van der Waals surface area contributed by atoms with Crippen molar-refractivity contribution in [1.29, 1.82) is 0 Å². The van der Waals surface area contributed by atoms with Gasteiger partial charge in [0.25, 0.3) is 0 Å². The van der Waals surface area contributed by atoms with Crippen LogP contribution in [0, 0.1) is 5.82 Å². The van der Waals surface area contributed by atoms with Gasteiger partial charge in [0.2, 0.25) is 0 Å². The zero-order chi connectivity index (χ0) is 16.9. The summed E-state index contributed by atoms with van der Waals surface area (Å²) in [5.41, 5.74) is 0.0313. The van der Waals surface area contributed by atoms with Crippen LogP contribution in [0.1, 0.15) is 30.9 Å². The topological polar surface area (TPSA) is 45.8 Å². The first-order chi connectivity index (χ1) is 10.9. The Morgan fingerprint density at radius 3 is 2.39 bits per heavy atom. The molecule has 2 aromatic rings. The van der Waals surface area contributed by atoms with Gasteiger partial charge in [0.1, 0.15) is 22.9 Å². The van der Waals surface area contributed by atoms with Gasteiger partial charge in [-0.15, -0.1) is 0 Å². The van der Waals surface area contributed by atoms with Crippen LogP contribution in [0.25, 0.3) is 0 Å². The largest absolute Gasteiger partial charge is 0.462 e. The smallest absolute Gasteiger partial charge is 0.135 e. The molecule has 2 rings (SSSR count). The number of nitrogens with zero attached hydrogens (tertiary/aromatic N) is 1. The van der Waals surface area contributed by atoms with Crippen molar-refractivity contribution in [3.8, 4) is 0 Å². The molecule has 0 saturated heterocycles. The highest BCUT2D eigenvalue weighted by atomic mass is 19.1. The van der Waals surface area contributed by atoms with E-state index in [1.54, 1.807) is 39.2 Å². The van der Waals surface area contributed by atoms with Crippen molar-refractivity contribution in [2.45, 2.75) is 32.5 Å². The van der Waals surface area contributed by atoms with E-state index in [0.717, 1.165) is 17.9 Å². The molecule has 0 aliphatic rings. The summed E-state index contributed by atoms with van der Waals surface area (Å²) in [6.07, 6.45) is 0. The standard InChI is InChI=1S/C18H24FNO3/c1-18(2,21)17-9-8-16(23-17)13-20(10-11-22-3)12-14-4-6-15(19)7-5-14/h4-9,21H,10-13H2,1-3H3. The van der Waals surface area contributed by atoms with E-state index in [0.29, 0.717) is 25.5 Å². The van der Waals surface area contributed by atoms with E-state index in [1.165, 1.54) is 12.1 Å². The highest BCUT2D eigenvalue weighted by Crippen LogP contribution is 2.23. The number of aliphatic hydroxyl groups is 1. The summed E-state index contributed by atoms with van der Waals surface area (Å²) in [5.74, 6) is 1.08. The number of furan rings is 1. The summed E-state index contributed by atoms with van der Waals surface area (Å²) in [5, 5.41) is 9.98. The second-order valence-electron chi connectivity index (χ2n) is 6.15. The number of hydrogen-bond acceptors (Lipinski definition) is 4.